The summed E-state index contributed by atoms with van der Waals surface area (Å²) in [6, 6.07) is 2.46. The summed E-state index contributed by atoms with van der Waals surface area (Å²) < 4.78 is 5.41. The Labute approximate surface area is 111 Å². The maximum Gasteiger partial charge on any atom is 0.0594 e. The van der Waals surface area contributed by atoms with Crippen molar-refractivity contribution in [3.63, 3.8) is 0 Å². The van der Waals surface area contributed by atoms with E-state index in [9.17, 15) is 0 Å². The Morgan fingerprint density at radius 2 is 1.72 bits per heavy atom. The zero-order valence-corrected chi connectivity index (χ0v) is 11.6. The topological polar surface area (TPSA) is 27.7 Å². The third-order valence-electron chi connectivity index (χ3n) is 5.07. The minimum Gasteiger partial charge on any atom is -0.379 e. The number of nitrogens with one attached hydrogen (secondary N) is 1. The molecule has 2 atom stereocenters. The lowest BCUT2D eigenvalue weighted by Crippen LogP contribution is -2.51. The number of nitrogens with zero attached hydrogens (tertiary/aromatic N) is 2. The molecule has 0 amide bonds. The van der Waals surface area contributed by atoms with E-state index in [0.29, 0.717) is 0 Å². The minimum atomic E-state index is 0.766. The van der Waals surface area contributed by atoms with Gasteiger partial charge in [-0.05, 0) is 32.7 Å². The quantitative estimate of drug-likeness (QED) is 0.791. The van der Waals surface area contributed by atoms with E-state index in [-0.39, 0.29) is 0 Å². The molecule has 2 unspecified atom stereocenters. The highest BCUT2D eigenvalue weighted by Crippen LogP contribution is 2.35. The van der Waals surface area contributed by atoms with Gasteiger partial charge in [0, 0.05) is 44.3 Å². The number of morpholine rings is 1. The monoisotopic (exact) mass is 253 g/mol. The highest BCUT2D eigenvalue weighted by atomic mass is 16.5. The van der Waals surface area contributed by atoms with Gasteiger partial charge in [-0.1, -0.05) is 0 Å². The molecule has 0 saturated carbocycles. The van der Waals surface area contributed by atoms with Crippen LogP contribution in [0.5, 0.6) is 0 Å². The first kappa shape index (κ1) is 12.9. The Bertz CT molecular complexity index is 254. The third kappa shape index (κ3) is 2.72. The van der Waals surface area contributed by atoms with Gasteiger partial charge in [-0.3, -0.25) is 9.80 Å². The fraction of sp³-hybridized carbons (Fsp3) is 1.00. The molecule has 1 N–H and O–H groups in total. The van der Waals surface area contributed by atoms with Gasteiger partial charge in [-0.2, -0.15) is 0 Å². The third-order valence-corrected chi connectivity index (χ3v) is 5.07. The molecule has 3 saturated heterocycles. The molecular formula is C14H27N3O. The van der Waals surface area contributed by atoms with Crippen LogP contribution in [0.1, 0.15) is 25.7 Å². The first-order valence-corrected chi connectivity index (χ1v) is 7.60. The predicted octanol–water partition coefficient (Wildman–Crippen LogP) is 0.533. The van der Waals surface area contributed by atoms with Crippen molar-refractivity contribution in [2.75, 3.05) is 46.4 Å². The van der Waals surface area contributed by atoms with Gasteiger partial charge in [-0.25, -0.2) is 0 Å². The van der Waals surface area contributed by atoms with Crippen LogP contribution in [0, 0.1) is 0 Å². The molecular weight excluding hydrogens is 226 g/mol. The van der Waals surface area contributed by atoms with Gasteiger partial charge in [0.2, 0.25) is 0 Å². The largest absolute Gasteiger partial charge is 0.379 e. The van der Waals surface area contributed by atoms with Crippen molar-refractivity contribution in [2.24, 2.45) is 0 Å². The molecule has 3 rings (SSSR count). The SMILES string of the molecule is CNC1CC2CCC(C1)N2CCN1CCOCC1. The summed E-state index contributed by atoms with van der Waals surface area (Å²) in [5.41, 5.74) is 0. The molecule has 3 heterocycles. The van der Waals surface area contributed by atoms with E-state index < -0.39 is 0 Å². The summed E-state index contributed by atoms with van der Waals surface area (Å²) >= 11 is 0. The van der Waals surface area contributed by atoms with Gasteiger partial charge in [0.25, 0.3) is 0 Å². The molecule has 0 aromatic heterocycles. The van der Waals surface area contributed by atoms with Crippen LogP contribution in [0.2, 0.25) is 0 Å². The van der Waals surface area contributed by atoms with Crippen LogP contribution in [-0.4, -0.2) is 74.4 Å². The smallest absolute Gasteiger partial charge is 0.0594 e. The summed E-state index contributed by atoms with van der Waals surface area (Å²) in [7, 11) is 2.12. The van der Waals surface area contributed by atoms with Gasteiger partial charge in [0.15, 0.2) is 0 Å². The number of rotatable bonds is 4. The van der Waals surface area contributed by atoms with Crippen molar-refractivity contribution >= 4 is 0 Å². The lowest BCUT2D eigenvalue weighted by molar-refractivity contribution is 0.0259. The van der Waals surface area contributed by atoms with E-state index in [4.69, 9.17) is 4.74 Å². The van der Waals surface area contributed by atoms with Gasteiger partial charge in [0.1, 0.15) is 0 Å². The summed E-state index contributed by atoms with van der Waals surface area (Å²) in [6.07, 6.45) is 5.56. The Kier molecular flexibility index (Phi) is 4.19. The molecule has 3 aliphatic heterocycles. The van der Waals surface area contributed by atoms with Crippen LogP contribution in [0.15, 0.2) is 0 Å². The van der Waals surface area contributed by atoms with Crippen molar-refractivity contribution in [3.05, 3.63) is 0 Å². The molecule has 104 valence electrons. The maximum atomic E-state index is 5.41. The lowest BCUT2D eigenvalue weighted by Gasteiger charge is -2.40. The molecule has 0 aliphatic carbocycles. The molecule has 4 heteroatoms. The minimum absolute atomic E-state index is 0.766. The summed E-state index contributed by atoms with van der Waals surface area (Å²) in [6.45, 7) is 6.61. The summed E-state index contributed by atoms with van der Waals surface area (Å²) in [4.78, 5) is 5.36. The summed E-state index contributed by atoms with van der Waals surface area (Å²) in [5.74, 6) is 0. The molecule has 0 aromatic carbocycles. The number of piperidine rings is 1. The fourth-order valence-corrected chi connectivity index (χ4v) is 3.96. The highest BCUT2D eigenvalue weighted by molar-refractivity contribution is 4.97. The first-order valence-electron chi connectivity index (χ1n) is 7.60. The molecule has 0 aromatic rings. The van der Waals surface area contributed by atoms with Crippen LogP contribution in [0.4, 0.5) is 0 Å². The normalized spacial score (nSPS) is 38.2. The van der Waals surface area contributed by atoms with Gasteiger partial charge in [0.05, 0.1) is 13.2 Å². The zero-order chi connectivity index (χ0) is 12.4. The van der Waals surface area contributed by atoms with E-state index in [1.165, 1.54) is 38.8 Å². The number of fused-ring (bicyclic) bond motifs is 2. The van der Waals surface area contributed by atoms with Gasteiger partial charge < -0.3 is 10.1 Å². The average Bonchev–Trinajstić information content (AvgIpc) is 2.66. The van der Waals surface area contributed by atoms with E-state index in [2.05, 4.69) is 22.2 Å². The molecule has 18 heavy (non-hydrogen) atoms. The average molecular weight is 253 g/mol. The Morgan fingerprint density at radius 1 is 1.06 bits per heavy atom. The van der Waals surface area contributed by atoms with Crippen molar-refractivity contribution in [1.29, 1.82) is 0 Å². The highest BCUT2D eigenvalue weighted by Gasteiger charge is 2.39. The van der Waals surface area contributed by atoms with Crippen molar-refractivity contribution < 1.29 is 4.74 Å². The van der Waals surface area contributed by atoms with E-state index in [1.807, 2.05) is 0 Å². The lowest BCUT2D eigenvalue weighted by atomic mass is 9.97. The van der Waals surface area contributed by atoms with Crippen LogP contribution in [0.25, 0.3) is 0 Å². The molecule has 3 aliphatic rings. The second-order valence-electron chi connectivity index (χ2n) is 6.03. The molecule has 0 spiro atoms. The maximum absolute atomic E-state index is 5.41. The van der Waals surface area contributed by atoms with Crippen LogP contribution in [-0.2, 0) is 4.74 Å². The van der Waals surface area contributed by atoms with E-state index in [0.717, 1.165) is 44.4 Å². The van der Waals surface area contributed by atoms with Crippen LogP contribution in [0.3, 0.4) is 0 Å². The second-order valence-corrected chi connectivity index (χ2v) is 6.03. The molecule has 4 nitrogen and oxygen atoms in total. The number of ether oxygens (including phenoxy) is 1. The van der Waals surface area contributed by atoms with Crippen molar-refractivity contribution in [1.82, 2.24) is 15.1 Å². The molecule has 0 radical (unpaired) electrons. The fourth-order valence-electron chi connectivity index (χ4n) is 3.96. The van der Waals surface area contributed by atoms with Gasteiger partial charge in [-0.15, -0.1) is 0 Å². The van der Waals surface area contributed by atoms with Crippen LogP contribution < -0.4 is 5.32 Å². The zero-order valence-electron chi connectivity index (χ0n) is 11.6. The standard InChI is InChI=1S/C14H27N3O/c1-15-12-10-13-2-3-14(11-12)17(13)5-4-16-6-8-18-9-7-16/h12-15H,2-11H2,1H3. The molecule has 3 fully saturated rings. The molecule has 2 bridgehead atoms. The predicted molar refractivity (Wildman–Crippen MR) is 72.9 cm³/mol. The van der Waals surface area contributed by atoms with Crippen molar-refractivity contribution in [2.45, 2.75) is 43.8 Å². The number of hydrogen-bond donors (Lipinski definition) is 1. The number of hydrogen-bond acceptors (Lipinski definition) is 4. The first-order chi connectivity index (χ1) is 8.86. The Hall–Kier alpha value is -0.160. The van der Waals surface area contributed by atoms with E-state index >= 15 is 0 Å². The summed E-state index contributed by atoms with van der Waals surface area (Å²) in [5, 5.41) is 3.48. The van der Waals surface area contributed by atoms with Crippen LogP contribution >= 0.6 is 0 Å². The Balaban J connectivity index is 1.48. The van der Waals surface area contributed by atoms with Crippen molar-refractivity contribution in [3.8, 4) is 0 Å². The van der Waals surface area contributed by atoms with E-state index in [1.54, 1.807) is 0 Å². The second kappa shape index (κ2) is 5.87. The van der Waals surface area contributed by atoms with Gasteiger partial charge >= 0.3 is 0 Å². The Morgan fingerprint density at radius 3 is 2.33 bits per heavy atom.